The smallest absolute Gasteiger partial charge is 0.167 e. The average molecular weight is 245 g/mol. The van der Waals surface area contributed by atoms with E-state index in [0.29, 0.717) is 0 Å². The Morgan fingerprint density at radius 1 is 1.11 bits per heavy atom. The maximum Gasteiger partial charge on any atom is 0.167 e. The largest absolute Gasteiger partial charge is 0.494 e. The Kier molecular flexibility index (Phi) is 3.82. The normalized spacial score (nSPS) is 10.2. The van der Waals surface area contributed by atoms with Crippen molar-refractivity contribution in [3.05, 3.63) is 59.9 Å². The molecule has 3 heteroatoms. The minimum Gasteiger partial charge on any atom is -0.494 e. The Bertz CT molecular complexity index is 513. The van der Waals surface area contributed by atoms with Gasteiger partial charge in [-0.25, -0.2) is 4.39 Å². The zero-order valence-corrected chi connectivity index (χ0v) is 10.6. The minimum absolute atomic E-state index is 0.270. The first-order valence-electron chi connectivity index (χ1n) is 5.79. The van der Waals surface area contributed by atoms with Crippen LogP contribution in [0.1, 0.15) is 5.56 Å². The molecule has 2 aromatic carbocycles. The number of anilines is 1. The second-order valence-electron chi connectivity index (χ2n) is 4.16. The van der Waals surface area contributed by atoms with Crippen LogP contribution in [-0.2, 0) is 6.54 Å². The molecule has 0 unspecified atom stereocenters. The highest BCUT2D eigenvalue weighted by atomic mass is 19.1. The van der Waals surface area contributed by atoms with Crippen LogP contribution in [0.25, 0.3) is 0 Å². The van der Waals surface area contributed by atoms with Gasteiger partial charge in [-0.05, 0) is 17.7 Å². The lowest BCUT2D eigenvalue weighted by atomic mass is 10.2. The Morgan fingerprint density at radius 2 is 1.83 bits per heavy atom. The number of benzene rings is 2. The maximum absolute atomic E-state index is 13.6. The van der Waals surface area contributed by atoms with E-state index in [9.17, 15) is 4.39 Å². The van der Waals surface area contributed by atoms with Gasteiger partial charge in [0.1, 0.15) is 0 Å². The van der Waals surface area contributed by atoms with Crippen LogP contribution in [0.3, 0.4) is 0 Å². The fourth-order valence-electron chi connectivity index (χ4n) is 1.84. The number of nitrogens with zero attached hydrogens (tertiary/aromatic N) is 1. The molecule has 0 spiro atoms. The highest BCUT2D eigenvalue weighted by Crippen LogP contribution is 2.23. The van der Waals surface area contributed by atoms with Crippen molar-refractivity contribution in [2.75, 3.05) is 19.1 Å². The summed E-state index contributed by atoms with van der Waals surface area (Å²) < 4.78 is 18.5. The number of methoxy groups -OCH3 is 1. The average Bonchev–Trinajstić information content (AvgIpc) is 2.39. The van der Waals surface area contributed by atoms with Crippen LogP contribution in [-0.4, -0.2) is 14.2 Å². The Hall–Kier alpha value is -2.03. The summed E-state index contributed by atoms with van der Waals surface area (Å²) in [6.45, 7) is 0.743. The Labute approximate surface area is 107 Å². The molecule has 0 saturated heterocycles. The van der Waals surface area contributed by atoms with Gasteiger partial charge in [0.2, 0.25) is 0 Å². The molecule has 0 bridgehead atoms. The van der Waals surface area contributed by atoms with E-state index in [4.69, 9.17) is 4.74 Å². The lowest BCUT2D eigenvalue weighted by molar-refractivity contribution is 0.386. The van der Waals surface area contributed by atoms with E-state index in [1.807, 2.05) is 36.2 Å². The molecular weight excluding hydrogens is 229 g/mol. The zero-order valence-electron chi connectivity index (χ0n) is 10.6. The van der Waals surface area contributed by atoms with Gasteiger partial charge in [-0.15, -0.1) is 0 Å². The molecule has 0 fully saturated rings. The van der Waals surface area contributed by atoms with E-state index < -0.39 is 0 Å². The summed E-state index contributed by atoms with van der Waals surface area (Å²) in [7, 11) is 3.40. The summed E-state index contributed by atoms with van der Waals surface area (Å²) in [5, 5.41) is 0. The van der Waals surface area contributed by atoms with Gasteiger partial charge in [-0.1, -0.05) is 30.3 Å². The van der Waals surface area contributed by atoms with Crippen LogP contribution >= 0.6 is 0 Å². The molecule has 0 amide bonds. The third-order valence-electron chi connectivity index (χ3n) is 2.84. The van der Waals surface area contributed by atoms with Crippen molar-refractivity contribution in [2.24, 2.45) is 0 Å². The highest BCUT2D eigenvalue weighted by Gasteiger charge is 2.07. The SMILES string of the molecule is COc1ccc(N(C)Cc2ccccc2)cc1F. The molecule has 2 rings (SSSR count). The molecule has 0 aliphatic heterocycles. The fourth-order valence-corrected chi connectivity index (χ4v) is 1.84. The molecule has 0 aromatic heterocycles. The van der Waals surface area contributed by atoms with Crippen LogP contribution in [0, 0.1) is 5.82 Å². The molecular formula is C15H16FNO. The van der Waals surface area contributed by atoms with E-state index in [1.165, 1.54) is 18.7 Å². The van der Waals surface area contributed by atoms with Gasteiger partial charge in [0.05, 0.1) is 7.11 Å². The predicted octanol–water partition coefficient (Wildman–Crippen LogP) is 3.47. The fraction of sp³-hybridized carbons (Fsp3) is 0.200. The minimum atomic E-state index is -0.338. The Balaban J connectivity index is 2.14. The summed E-state index contributed by atoms with van der Waals surface area (Å²) >= 11 is 0. The summed E-state index contributed by atoms with van der Waals surface area (Å²) in [6.07, 6.45) is 0. The summed E-state index contributed by atoms with van der Waals surface area (Å²) in [5.74, 6) is -0.0678. The third kappa shape index (κ3) is 2.80. The Morgan fingerprint density at radius 3 is 2.44 bits per heavy atom. The summed E-state index contributed by atoms with van der Waals surface area (Å²) in [5.41, 5.74) is 2.02. The number of hydrogen-bond donors (Lipinski definition) is 0. The quantitative estimate of drug-likeness (QED) is 0.817. The third-order valence-corrected chi connectivity index (χ3v) is 2.84. The molecule has 2 aromatic rings. The van der Waals surface area contributed by atoms with Gasteiger partial charge in [-0.3, -0.25) is 0 Å². The lowest BCUT2D eigenvalue weighted by Crippen LogP contribution is -2.16. The van der Waals surface area contributed by atoms with Crippen LogP contribution in [0.15, 0.2) is 48.5 Å². The molecule has 0 atom stereocenters. The van der Waals surface area contributed by atoms with Crippen molar-refractivity contribution in [1.29, 1.82) is 0 Å². The number of rotatable bonds is 4. The van der Waals surface area contributed by atoms with Crippen LogP contribution in [0.4, 0.5) is 10.1 Å². The van der Waals surface area contributed by atoms with Crippen molar-refractivity contribution in [2.45, 2.75) is 6.54 Å². The number of halogens is 1. The van der Waals surface area contributed by atoms with Gasteiger partial charge >= 0.3 is 0 Å². The van der Waals surface area contributed by atoms with E-state index in [2.05, 4.69) is 12.1 Å². The van der Waals surface area contributed by atoms with Crippen LogP contribution < -0.4 is 9.64 Å². The number of ether oxygens (including phenoxy) is 1. The molecule has 94 valence electrons. The summed E-state index contributed by atoms with van der Waals surface area (Å²) in [4.78, 5) is 2.00. The van der Waals surface area contributed by atoms with Gasteiger partial charge < -0.3 is 9.64 Å². The number of hydrogen-bond acceptors (Lipinski definition) is 2. The van der Waals surface area contributed by atoms with Crippen LogP contribution in [0.2, 0.25) is 0 Å². The van der Waals surface area contributed by atoms with Gasteiger partial charge in [0.15, 0.2) is 11.6 Å². The maximum atomic E-state index is 13.6. The van der Waals surface area contributed by atoms with Crippen molar-refractivity contribution in [1.82, 2.24) is 0 Å². The molecule has 0 saturated carbocycles. The van der Waals surface area contributed by atoms with Crippen molar-refractivity contribution in [3.63, 3.8) is 0 Å². The van der Waals surface area contributed by atoms with E-state index in [-0.39, 0.29) is 11.6 Å². The van der Waals surface area contributed by atoms with Gasteiger partial charge in [-0.2, -0.15) is 0 Å². The monoisotopic (exact) mass is 245 g/mol. The van der Waals surface area contributed by atoms with E-state index in [1.54, 1.807) is 6.07 Å². The van der Waals surface area contributed by atoms with Gasteiger partial charge in [0.25, 0.3) is 0 Å². The molecule has 18 heavy (non-hydrogen) atoms. The predicted molar refractivity (Wildman–Crippen MR) is 71.5 cm³/mol. The molecule has 2 nitrogen and oxygen atoms in total. The zero-order chi connectivity index (χ0) is 13.0. The first kappa shape index (κ1) is 12.4. The molecule has 0 N–H and O–H groups in total. The molecule has 0 aliphatic carbocycles. The van der Waals surface area contributed by atoms with E-state index >= 15 is 0 Å². The first-order chi connectivity index (χ1) is 8.70. The topological polar surface area (TPSA) is 12.5 Å². The first-order valence-corrected chi connectivity index (χ1v) is 5.79. The summed E-state index contributed by atoms with van der Waals surface area (Å²) in [6, 6.07) is 15.1. The molecule has 0 heterocycles. The van der Waals surface area contributed by atoms with Crippen LogP contribution in [0.5, 0.6) is 5.75 Å². The van der Waals surface area contributed by atoms with Crippen molar-refractivity contribution >= 4 is 5.69 Å². The van der Waals surface area contributed by atoms with E-state index in [0.717, 1.165) is 12.2 Å². The molecule has 0 aliphatic rings. The second-order valence-corrected chi connectivity index (χ2v) is 4.16. The highest BCUT2D eigenvalue weighted by molar-refractivity contribution is 5.49. The van der Waals surface area contributed by atoms with Crippen molar-refractivity contribution < 1.29 is 9.13 Å². The van der Waals surface area contributed by atoms with Gasteiger partial charge in [0, 0.05) is 25.3 Å². The lowest BCUT2D eigenvalue weighted by Gasteiger charge is -2.20. The standard InChI is InChI=1S/C15H16FNO/c1-17(11-12-6-4-3-5-7-12)13-8-9-15(18-2)14(16)10-13/h3-10H,11H2,1-2H3. The van der Waals surface area contributed by atoms with Crippen molar-refractivity contribution in [3.8, 4) is 5.75 Å². The second kappa shape index (κ2) is 5.54. The molecule has 0 radical (unpaired) electrons.